The molecule has 0 radical (unpaired) electrons. The Morgan fingerprint density at radius 3 is 2.80 bits per heavy atom. The summed E-state index contributed by atoms with van der Waals surface area (Å²) < 4.78 is 0. The van der Waals surface area contributed by atoms with Gasteiger partial charge >= 0.3 is 0 Å². The molecule has 0 aliphatic carbocycles. The van der Waals surface area contributed by atoms with Crippen LogP contribution in [0.15, 0.2) is 0 Å². The normalized spacial score (nSPS) is 8.50. The first-order chi connectivity index (χ1) is 4.72. The van der Waals surface area contributed by atoms with E-state index in [9.17, 15) is 4.79 Å². The minimum atomic E-state index is -0.451. The summed E-state index contributed by atoms with van der Waals surface area (Å²) >= 11 is 5.23. The van der Waals surface area contributed by atoms with Crippen molar-refractivity contribution in [2.75, 3.05) is 12.4 Å². The molecule has 4 heteroatoms. The Balaban J connectivity index is 3.62. The summed E-state index contributed by atoms with van der Waals surface area (Å²) in [5.41, 5.74) is 0. The summed E-state index contributed by atoms with van der Waals surface area (Å²) in [6.45, 7) is -0.0876. The Kier molecular flexibility index (Phi) is 4.73. The van der Waals surface area contributed by atoms with Gasteiger partial charge in [-0.25, -0.2) is 5.06 Å². The third-order valence-electron chi connectivity index (χ3n) is 0.837. The molecule has 0 saturated heterocycles. The zero-order valence-electron chi connectivity index (χ0n) is 5.38. The quantitative estimate of drug-likeness (QED) is 0.283. The molecule has 0 unspecified atom stereocenters. The SMILES string of the molecule is C#CCN(O)C(=O)CCCl. The molecule has 0 saturated carbocycles. The van der Waals surface area contributed by atoms with Gasteiger partial charge in [0.1, 0.15) is 6.54 Å². The van der Waals surface area contributed by atoms with Gasteiger partial charge in [-0.15, -0.1) is 18.0 Å². The predicted octanol–water partition coefficient (Wildman–Crippen LogP) is 0.466. The third-order valence-corrected chi connectivity index (χ3v) is 1.03. The average Bonchev–Trinajstić information content (AvgIpc) is 1.89. The van der Waals surface area contributed by atoms with Crippen molar-refractivity contribution in [3.8, 4) is 12.3 Å². The lowest BCUT2D eigenvalue weighted by Crippen LogP contribution is -2.27. The predicted molar refractivity (Wildman–Crippen MR) is 37.7 cm³/mol. The fourth-order valence-electron chi connectivity index (χ4n) is 0.385. The lowest BCUT2D eigenvalue weighted by Gasteiger charge is -2.09. The Bertz CT molecular complexity index is 152. The fourth-order valence-corrected chi connectivity index (χ4v) is 0.546. The first kappa shape index (κ1) is 9.28. The number of halogens is 1. The van der Waals surface area contributed by atoms with Gasteiger partial charge < -0.3 is 0 Å². The van der Waals surface area contributed by atoms with Gasteiger partial charge in [-0.3, -0.25) is 10.0 Å². The minimum Gasteiger partial charge on any atom is -0.285 e. The van der Waals surface area contributed by atoms with E-state index in [2.05, 4.69) is 5.92 Å². The van der Waals surface area contributed by atoms with E-state index in [0.29, 0.717) is 5.06 Å². The summed E-state index contributed by atoms with van der Waals surface area (Å²) in [6.07, 6.45) is 4.94. The molecule has 0 atom stereocenters. The van der Waals surface area contributed by atoms with E-state index < -0.39 is 5.91 Å². The van der Waals surface area contributed by atoms with Gasteiger partial charge in [0.15, 0.2) is 0 Å². The van der Waals surface area contributed by atoms with Crippen LogP contribution in [0.5, 0.6) is 0 Å². The van der Waals surface area contributed by atoms with Crippen LogP contribution in [-0.2, 0) is 4.79 Å². The second kappa shape index (κ2) is 5.10. The highest BCUT2D eigenvalue weighted by atomic mass is 35.5. The third kappa shape index (κ3) is 3.33. The molecule has 0 aromatic rings. The van der Waals surface area contributed by atoms with Crippen LogP contribution >= 0.6 is 11.6 Å². The highest BCUT2D eigenvalue weighted by Crippen LogP contribution is 1.90. The van der Waals surface area contributed by atoms with E-state index in [1.807, 2.05) is 0 Å². The summed E-state index contributed by atoms with van der Waals surface area (Å²) in [6, 6.07) is 0. The van der Waals surface area contributed by atoms with Gasteiger partial charge in [0.2, 0.25) is 5.91 Å². The van der Waals surface area contributed by atoms with Gasteiger partial charge in [-0.1, -0.05) is 5.92 Å². The molecule has 0 bridgehead atoms. The van der Waals surface area contributed by atoms with Crippen LogP contribution in [0.25, 0.3) is 0 Å². The van der Waals surface area contributed by atoms with Crippen LogP contribution in [0.3, 0.4) is 0 Å². The summed E-state index contributed by atoms with van der Waals surface area (Å²) in [5.74, 6) is 1.86. The number of hydrogen-bond donors (Lipinski definition) is 1. The van der Waals surface area contributed by atoms with Crippen LogP contribution in [0, 0.1) is 12.3 Å². The van der Waals surface area contributed by atoms with E-state index in [0.717, 1.165) is 0 Å². The summed E-state index contributed by atoms with van der Waals surface area (Å²) in [5, 5.41) is 9.21. The van der Waals surface area contributed by atoms with E-state index in [1.54, 1.807) is 0 Å². The topological polar surface area (TPSA) is 40.5 Å². The van der Waals surface area contributed by atoms with Crippen molar-refractivity contribution in [3.05, 3.63) is 0 Å². The zero-order valence-corrected chi connectivity index (χ0v) is 6.14. The number of rotatable bonds is 3. The largest absolute Gasteiger partial charge is 0.285 e. The Hall–Kier alpha value is -0.720. The number of terminal acetylenes is 1. The van der Waals surface area contributed by atoms with Crippen LogP contribution in [0.2, 0.25) is 0 Å². The maximum absolute atomic E-state index is 10.6. The first-order valence-corrected chi connectivity index (χ1v) is 3.24. The second-order valence-electron chi connectivity index (χ2n) is 1.59. The molecular weight excluding hydrogens is 154 g/mol. The highest BCUT2D eigenvalue weighted by molar-refractivity contribution is 6.18. The van der Waals surface area contributed by atoms with Crippen molar-refractivity contribution in [2.24, 2.45) is 0 Å². The molecular formula is C6H8ClNO2. The smallest absolute Gasteiger partial charge is 0.248 e. The van der Waals surface area contributed by atoms with Gasteiger partial charge in [0.25, 0.3) is 0 Å². The zero-order chi connectivity index (χ0) is 7.98. The minimum absolute atomic E-state index is 0.0876. The van der Waals surface area contributed by atoms with E-state index >= 15 is 0 Å². The molecule has 0 aromatic heterocycles. The molecule has 3 nitrogen and oxygen atoms in total. The Labute approximate surface area is 64.5 Å². The number of hydroxylamine groups is 2. The molecule has 56 valence electrons. The summed E-state index contributed by atoms with van der Waals surface area (Å²) in [4.78, 5) is 10.6. The maximum Gasteiger partial charge on any atom is 0.248 e. The molecule has 1 N–H and O–H groups in total. The molecule has 0 fully saturated rings. The molecule has 0 heterocycles. The van der Waals surface area contributed by atoms with Crippen molar-refractivity contribution in [3.63, 3.8) is 0 Å². The average molecular weight is 162 g/mol. The van der Waals surface area contributed by atoms with Crippen molar-refractivity contribution >= 4 is 17.5 Å². The standard InChI is InChI=1S/C6H8ClNO2/c1-2-5-8(10)6(9)3-4-7/h1,10H,3-5H2. The van der Waals surface area contributed by atoms with Gasteiger partial charge in [0, 0.05) is 12.3 Å². The second-order valence-corrected chi connectivity index (χ2v) is 1.97. The molecule has 0 aliphatic rings. The van der Waals surface area contributed by atoms with Crippen molar-refractivity contribution < 1.29 is 10.0 Å². The number of carbonyl (C=O) groups excluding carboxylic acids is 1. The van der Waals surface area contributed by atoms with Gasteiger partial charge in [-0.05, 0) is 0 Å². The number of alkyl halides is 1. The monoisotopic (exact) mass is 161 g/mol. The van der Waals surface area contributed by atoms with Crippen LogP contribution < -0.4 is 0 Å². The highest BCUT2D eigenvalue weighted by Gasteiger charge is 2.06. The molecule has 0 aromatic carbocycles. The number of amides is 1. The van der Waals surface area contributed by atoms with Gasteiger partial charge in [-0.2, -0.15) is 0 Å². The molecule has 10 heavy (non-hydrogen) atoms. The summed E-state index contributed by atoms with van der Waals surface area (Å²) in [7, 11) is 0. The number of hydrogen-bond acceptors (Lipinski definition) is 2. The van der Waals surface area contributed by atoms with E-state index in [4.69, 9.17) is 23.2 Å². The number of nitrogens with zero attached hydrogens (tertiary/aromatic N) is 1. The molecule has 0 rings (SSSR count). The van der Waals surface area contributed by atoms with Crippen molar-refractivity contribution in [2.45, 2.75) is 6.42 Å². The lowest BCUT2D eigenvalue weighted by molar-refractivity contribution is -0.161. The molecule has 0 spiro atoms. The fraction of sp³-hybridized carbons (Fsp3) is 0.500. The van der Waals surface area contributed by atoms with E-state index in [-0.39, 0.29) is 18.8 Å². The van der Waals surface area contributed by atoms with Crippen LogP contribution in [-0.4, -0.2) is 28.6 Å². The first-order valence-electron chi connectivity index (χ1n) is 2.71. The molecule has 1 amide bonds. The van der Waals surface area contributed by atoms with Gasteiger partial charge in [0.05, 0.1) is 0 Å². The maximum atomic E-state index is 10.6. The van der Waals surface area contributed by atoms with Crippen LogP contribution in [0.4, 0.5) is 0 Å². The van der Waals surface area contributed by atoms with Crippen LogP contribution in [0.1, 0.15) is 6.42 Å². The lowest BCUT2D eigenvalue weighted by atomic mass is 10.4. The van der Waals surface area contributed by atoms with E-state index in [1.165, 1.54) is 0 Å². The number of carbonyl (C=O) groups is 1. The van der Waals surface area contributed by atoms with Crippen molar-refractivity contribution in [1.29, 1.82) is 0 Å². The van der Waals surface area contributed by atoms with Crippen molar-refractivity contribution in [1.82, 2.24) is 5.06 Å². The molecule has 0 aliphatic heterocycles. The Morgan fingerprint density at radius 2 is 2.40 bits per heavy atom. The Morgan fingerprint density at radius 1 is 1.80 bits per heavy atom.